The molecule has 108 valence electrons. The maximum Gasteiger partial charge on any atom is 0.356 e. The number of carbonyl (C=O) groups excluding carboxylic acids is 1. The van der Waals surface area contributed by atoms with Crippen molar-refractivity contribution in [2.24, 2.45) is 0 Å². The molecule has 21 heavy (non-hydrogen) atoms. The van der Waals surface area contributed by atoms with E-state index in [1.807, 2.05) is 0 Å². The van der Waals surface area contributed by atoms with Gasteiger partial charge in [0.25, 0.3) is 0 Å². The van der Waals surface area contributed by atoms with Crippen LogP contribution in [0, 0.1) is 5.41 Å². The monoisotopic (exact) mass is 285 g/mol. The Morgan fingerprint density at radius 3 is 2.95 bits per heavy atom. The van der Waals surface area contributed by atoms with Gasteiger partial charge in [0.1, 0.15) is 17.3 Å². The van der Waals surface area contributed by atoms with E-state index in [0.29, 0.717) is 18.0 Å². The highest BCUT2D eigenvalue weighted by molar-refractivity contribution is 6.10. The molecule has 0 spiro atoms. The molecule has 6 heteroatoms. The lowest BCUT2D eigenvalue weighted by Gasteiger charge is -2.01. The number of hydrogen-bond acceptors (Lipinski definition) is 5. The van der Waals surface area contributed by atoms with Crippen LogP contribution in [0.15, 0.2) is 36.5 Å². The number of aromatic hydroxyl groups is 1. The van der Waals surface area contributed by atoms with Crippen LogP contribution in [-0.2, 0) is 4.74 Å². The SMILES string of the molecule is CCOC(=O)c1cnc(/C=C\C(=N)c2ccccc2O)[nH]1. The first-order valence-electron chi connectivity index (χ1n) is 6.39. The number of phenolic OH excluding ortho intramolecular Hbond substituents is 1. The van der Waals surface area contributed by atoms with Crippen molar-refractivity contribution in [3.05, 3.63) is 53.6 Å². The molecule has 1 aromatic heterocycles. The third-order valence-corrected chi connectivity index (χ3v) is 2.69. The standard InChI is InChI=1S/C15H15N3O3/c1-2-21-15(20)12-9-17-14(18-12)8-7-11(16)10-5-3-4-6-13(10)19/h3-9,16,19H,2H2,1H3,(H,17,18)/b8-7-,16-11?. The lowest BCUT2D eigenvalue weighted by Crippen LogP contribution is -2.04. The number of benzene rings is 1. The van der Waals surface area contributed by atoms with E-state index in [-0.39, 0.29) is 17.2 Å². The summed E-state index contributed by atoms with van der Waals surface area (Å²) in [7, 11) is 0. The average molecular weight is 285 g/mol. The minimum Gasteiger partial charge on any atom is -0.507 e. The quantitative estimate of drug-likeness (QED) is 0.580. The maximum atomic E-state index is 11.5. The number of allylic oxidation sites excluding steroid dienone is 1. The lowest BCUT2D eigenvalue weighted by molar-refractivity contribution is 0.0520. The van der Waals surface area contributed by atoms with Crippen molar-refractivity contribution in [3.63, 3.8) is 0 Å². The number of ether oxygens (including phenoxy) is 1. The van der Waals surface area contributed by atoms with Crippen molar-refractivity contribution >= 4 is 17.8 Å². The van der Waals surface area contributed by atoms with E-state index in [4.69, 9.17) is 10.1 Å². The normalized spacial score (nSPS) is 10.7. The summed E-state index contributed by atoms with van der Waals surface area (Å²) in [4.78, 5) is 18.3. The van der Waals surface area contributed by atoms with Gasteiger partial charge in [-0.3, -0.25) is 0 Å². The van der Waals surface area contributed by atoms with Crippen molar-refractivity contribution in [2.75, 3.05) is 6.61 Å². The van der Waals surface area contributed by atoms with Gasteiger partial charge in [-0.15, -0.1) is 0 Å². The van der Waals surface area contributed by atoms with Crippen molar-refractivity contribution in [1.29, 1.82) is 5.41 Å². The Morgan fingerprint density at radius 1 is 1.48 bits per heavy atom. The largest absolute Gasteiger partial charge is 0.507 e. The fraction of sp³-hybridized carbons (Fsp3) is 0.133. The molecule has 0 aliphatic carbocycles. The second-order valence-electron chi connectivity index (χ2n) is 4.17. The van der Waals surface area contributed by atoms with Crippen LogP contribution in [0.2, 0.25) is 0 Å². The zero-order valence-corrected chi connectivity index (χ0v) is 11.5. The smallest absolute Gasteiger partial charge is 0.356 e. The molecule has 0 radical (unpaired) electrons. The third kappa shape index (κ3) is 3.56. The Hall–Kier alpha value is -2.89. The highest BCUT2D eigenvalue weighted by atomic mass is 16.5. The number of para-hydroxylation sites is 1. The number of phenols is 1. The molecule has 3 N–H and O–H groups in total. The van der Waals surface area contributed by atoms with Gasteiger partial charge in [0.15, 0.2) is 0 Å². The Kier molecular flexibility index (Phi) is 4.50. The number of imidazole rings is 1. The first-order valence-corrected chi connectivity index (χ1v) is 6.39. The number of nitrogens with zero attached hydrogens (tertiary/aromatic N) is 1. The van der Waals surface area contributed by atoms with Crippen LogP contribution >= 0.6 is 0 Å². The molecule has 0 aliphatic rings. The van der Waals surface area contributed by atoms with Crippen LogP contribution in [0.3, 0.4) is 0 Å². The molecule has 0 saturated carbocycles. The molecule has 1 heterocycles. The highest BCUT2D eigenvalue weighted by Gasteiger charge is 2.09. The molecular weight excluding hydrogens is 270 g/mol. The molecular formula is C15H15N3O3. The van der Waals surface area contributed by atoms with E-state index in [2.05, 4.69) is 9.97 Å². The van der Waals surface area contributed by atoms with Crippen LogP contribution < -0.4 is 0 Å². The third-order valence-electron chi connectivity index (χ3n) is 2.69. The summed E-state index contributed by atoms with van der Waals surface area (Å²) in [5.74, 6) is -0.00235. The van der Waals surface area contributed by atoms with E-state index in [0.717, 1.165) is 0 Å². The maximum absolute atomic E-state index is 11.5. The van der Waals surface area contributed by atoms with E-state index >= 15 is 0 Å². The summed E-state index contributed by atoms with van der Waals surface area (Å²) in [6.07, 6.45) is 4.42. The number of carbonyl (C=O) groups is 1. The Bertz CT molecular complexity index is 689. The molecule has 0 bridgehead atoms. The molecule has 2 rings (SSSR count). The van der Waals surface area contributed by atoms with Crippen molar-refractivity contribution in [2.45, 2.75) is 6.92 Å². The van der Waals surface area contributed by atoms with Gasteiger partial charge in [-0.1, -0.05) is 12.1 Å². The van der Waals surface area contributed by atoms with Crippen LogP contribution in [0.1, 0.15) is 28.8 Å². The minimum absolute atomic E-state index is 0.0406. The highest BCUT2D eigenvalue weighted by Crippen LogP contribution is 2.16. The number of esters is 1. The second-order valence-corrected chi connectivity index (χ2v) is 4.17. The number of aromatic amines is 1. The van der Waals surface area contributed by atoms with Crippen LogP contribution in [0.4, 0.5) is 0 Å². The van der Waals surface area contributed by atoms with Crippen molar-refractivity contribution in [1.82, 2.24) is 9.97 Å². The number of nitrogens with one attached hydrogen (secondary N) is 2. The summed E-state index contributed by atoms with van der Waals surface area (Å²) in [6.45, 7) is 2.02. The second kappa shape index (κ2) is 6.51. The van der Waals surface area contributed by atoms with Crippen LogP contribution in [0.25, 0.3) is 6.08 Å². The number of H-pyrrole nitrogens is 1. The summed E-state index contributed by atoms with van der Waals surface area (Å²) in [5, 5.41) is 17.6. The van der Waals surface area contributed by atoms with E-state index in [1.54, 1.807) is 31.2 Å². The molecule has 0 saturated heterocycles. The number of rotatable bonds is 5. The molecule has 0 unspecified atom stereocenters. The molecule has 0 aliphatic heterocycles. The predicted octanol–water partition coefficient (Wildman–Crippen LogP) is 2.37. The van der Waals surface area contributed by atoms with Crippen LogP contribution in [0.5, 0.6) is 5.75 Å². The van der Waals surface area contributed by atoms with E-state index in [1.165, 1.54) is 18.3 Å². The number of hydrogen-bond donors (Lipinski definition) is 3. The first-order chi connectivity index (χ1) is 10.1. The molecule has 0 atom stereocenters. The van der Waals surface area contributed by atoms with Gasteiger partial charge in [0.05, 0.1) is 18.5 Å². The fourth-order valence-electron chi connectivity index (χ4n) is 1.69. The summed E-state index contributed by atoms with van der Waals surface area (Å²) < 4.78 is 4.84. The van der Waals surface area contributed by atoms with Gasteiger partial charge < -0.3 is 20.2 Å². The van der Waals surface area contributed by atoms with Gasteiger partial charge in [-0.25, -0.2) is 9.78 Å². The zero-order valence-electron chi connectivity index (χ0n) is 11.5. The van der Waals surface area contributed by atoms with Gasteiger partial charge in [-0.05, 0) is 31.2 Å². The molecule has 1 aromatic carbocycles. The summed E-state index contributed by atoms with van der Waals surface area (Å²) in [6, 6.07) is 6.59. The van der Waals surface area contributed by atoms with Gasteiger partial charge >= 0.3 is 5.97 Å². The molecule has 0 fully saturated rings. The van der Waals surface area contributed by atoms with Crippen LogP contribution in [-0.4, -0.2) is 33.4 Å². The molecule has 0 amide bonds. The van der Waals surface area contributed by atoms with Gasteiger partial charge in [-0.2, -0.15) is 0 Å². The van der Waals surface area contributed by atoms with Crippen molar-refractivity contribution < 1.29 is 14.6 Å². The summed E-state index contributed by atoms with van der Waals surface area (Å²) >= 11 is 0. The summed E-state index contributed by atoms with van der Waals surface area (Å²) in [5.41, 5.74) is 0.818. The Balaban J connectivity index is 2.10. The van der Waals surface area contributed by atoms with Crippen molar-refractivity contribution in [3.8, 4) is 5.75 Å². The molecule has 2 aromatic rings. The zero-order chi connectivity index (χ0) is 15.2. The van der Waals surface area contributed by atoms with E-state index in [9.17, 15) is 9.90 Å². The Labute approximate surface area is 121 Å². The minimum atomic E-state index is -0.472. The lowest BCUT2D eigenvalue weighted by atomic mass is 10.1. The fourth-order valence-corrected chi connectivity index (χ4v) is 1.69. The first kappa shape index (κ1) is 14.5. The predicted molar refractivity (Wildman–Crippen MR) is 78.5 cm³/mol. The van der Waals surface area contributed by atoms with Gasteiger partial charge in [0, 0.05) is 5.56 Å². The Morgan fingerprint density at radius 2 is 2.24 bits per heavy atom. The molecule has 6 nitrogen and oxygen atoms in total. The van der Waals surface area contributed by atoms with E-state index < -0.39 is 5.97 Å². The topological polar surface area (TPSA) is 99.1 Å². The number of aromatic nitrogens is 2. The average Bonchev–Trinajstić information content (AvgIpc) is 2.94. The van der Waals surface area contributed by atoms with Gasteiger partial charge in [0.2, 0.25) is 0 Å².